The van der Waals surface area contributed by atoms with Crippen molar-refractivity contribution in [3.8, 4) is 0 Å². The number of fused-ring (bicyclic) bond motifs is 2. The van der Waals surface area contributed by atoms with Gasteiger partial charge in [0.15, 0.2) is 0 Å². The van der Waals surface area contributed by atoms with E-state index in [4.69, 9.17) is 11.6 Å². The maximum absolute atomic E-state index is 13.8. The summed E-state index contributed by atoms with van der Waals surface area (Å²) < 4.78 is 31.1. The number of nitrogens with one attached hydrogen (secondary N) is 1. The molecular weight excluding hydrogens is 556 g/mol. The minimum Gasteiger partial charge on any atom is -0.349 e. The number of halogens is 1. The standard InChI is InChI=1S/C32H41ClN4O3S/c1-22-11-13-25(19-27(22)33)41(39,40)37-17-16-36-15-7-10-29(36)30(37)20-31(38)34-28-9-6-8-24-18-23(12-14-26(24)28)21-35(5)32(2,3)4/h7,10-15,18-19,28,30H,6,8-9,16-17,20-21H2,1-5H3,(H,34,38). The topological polar surface area (TPSA) is 74.6 Å². The van der Waals surface area contributed by atoms with Crippen molar-refractivity contribution in [1.82, 2.24) is 19.1 Å². The van der Waals surface area contributed by atoms with Crippen LogP contribution in [0.3, 0.4) is 0 Å². The molecule has 2 aromatic carbocycles. The predicted molar refractivity (Wildman–Crippen MR) is 163 cm³/mol. The first-order valence-corrected chi connectivity index (χ1v) is 16.2. The third kappa shape index (κ3) is 6.26. The summed E-state index contributed by atoms with van der Waals surface area (Å²) in [5, 5.41) is 3.66. The van der Waals surface area contributed by atoms with E-state index in [9.17, 15) is 13.2 Å². The number of carbonyl (C=O) groups is 1. The molecule has 0 radical (unpaired) electrons. The summed E-state index contributed by atoms with van der Waals surface area (Å²) >= 11 is 6.29. The fourth-order valence-electron chi connectivity index (χ4n) is 5.86. The highest BCUT2D eigenvalue weighted by Gasteiger charge is 2.38. The van der Waals surface area contributed by atoms with Gasteiger partial charge in [-0.1, -0.05) is 35.9 Å². The van der Waals surface area contributed by atoms with Gasteiger partial charge in [-0.15, -0.1) is 0 Å². The fraction of sp³-hybridized carbons (Fsp3) is 0.469. The molecule has 1 aliphatic carbocycles. The SMILES string of the molecule is Cc1ccc(S(=O)(=O)N2CCn3cccc3C2CC(=O)NC2CCCc3cc(CN(C)C(C)(C)C)ccc32)cc1Cl. The molecule has 0 spiro atoms. The molecule has 41 heavy (non-hydrogen) atoms. The Kier molecular flexibility index (Phi) is 8.41. The first-order valence-electron chi connectivity index (χ1n) is 14.4. The lowest BCUT2D eigenvalue weighted by Gasteiger charge is -2.36. The number of nitrogens with zero attached hydrogens (tertiary/aromatic N) is 3. The molecule has 0 saturated heterocycles. The first kappa shape index (κ1) is 29.8. The Morgan fingerprint density at radius 1 is 1.12 bits per heavy atom. The molecule has 9 heteroatoms. The van der Waals surface area contributed by atoms with Crippen LogP contribution in [-0.2, 0) is 34.3 Å². The van der Waals surface area contributed by atoms with E-state index in [1.54, 1.807) is 12.1 Å². The Morgan fingerprint density at radius 3 is 2.63 bits per heavy atom. The van der Waals surface area contributed by atoms with Gasteiger partial charge in [-0.05, 0) is 101 Å². The van der Waals surface area contributed by atoms with Crippen LogP contribution in [0.15, 0.2) is 59.6 Å². The Hall–Kier alpha value is -2.65. The van der Waals surface area contributed by atoms with Crippen molar-refractivity contribution in [2.75, 3.05) is 13.6 Å². The van der Waals surface area contributed by atoms with Gasteiger partial charge in [0, 0.05) is 48.5 Å². The summed E-state index contributed by atoms with van der Waals surface area (Å²) in [5.74, 6) is -0.152. The summed E-state index contributed by atoms with van der Waals surface area (Å²) in [4.78, 5) is 16.1. The molecule has 1 aromatic heterocycles. The van der Waals surface area contributed by atoms with E-state index in [2.05, 4.69) is 56.2 Å². The zero-order valence-electron chi connectivity index (χ0n) is 24.7. The lowest BCUT2D eigenvalue weighted by Crippen LogP contribution is -2.44. The second-order valence-electron chi connectivity index (χ2n) is 12.4. The molecule has 0 bridgehead atoms. The number of rotatable bonds is 7. The number of hydrogen-bond donors (Lipinski definition) is 1. The van der Waals surface area contributed by atoms with Crippen molar-refractivity contribution in [2.24, 2.45) is 0 Å². The predicted octanol–water partition coefficient (Wildman–Crippen LogP) is 6.01. The first-order chi connectivity index (χ1) is 19.3. The summed E-state index contributed by atoms with van der Waals surface area (Å²) in [5.41, 5.74) is 5.44. The number of sulfonamides is 1. The Bertz CT molecular complexity index is 1540. The molecule has 2 atom stereocenters. The van der Waals surface area contributed by atoms with Crippen molar-refractivity contribution >= 4 is 27.5 Å². The second-order valence-corrected chi connectivity index (χ2v) is 14.7. The molecule has 3 aromatic rings. The van der Waals surface area contributed by atoms with Crippen molar-refractivity contribution in [3.05, 3.63) is 87.7 Å². The van der Waals surface area contributed by atoms with Gasteiger partial charge < -0.3 is 9.88 Å². The molecule has 2 unspecified atom stereocenters. The van der Waals surface area contributed by atoms with Crippen LogP contribution in [0.4, 0.5) is 0 Å². The number of amides is 1. The van der Waals surface area contributed by atoms with Gasteiger partial charge >= 0.3 is 0 Å². The summed E-state index contributed by atoms with van der Waals surface area (Å²) in [6.07, 6.45) is 4.85. The van der Waals surface area contributed by atoms with E-state index in [1.165, 1.54) is 21.5 Å². The highest BCUT2D eigenvalue weighted by Crippen LogP contribution is 2.36. The molecule has 220 valence electrons. The van der Waals surface area contributed by atoms with Gasteiger partial charge in [-0.2, -0.15) is 4.31 Å². The van der Waals surface area contributed by atoms with Gasteiger partial charge in [0.25, 0.3) is 0 Å². The summed E-state index contributed by atoms with van der Waals surface area (Å²) in [7, 11) is -1.73. The number of aromatic nitrogens is 1. The number of carbonyl (C=O) groups excluding carboxylic acids is 1. The fourth-order valence-corrected chi connectivity index (χ4v) is 7.72. The molecule has 5 rings (SSSR count). The zero-order valence-corrected chi connectivity index (χ0v) is 26.2. The van der Waals surface area contributed by atoms with Gasteiger partial charge in [0.1, 0.15) is 0 Å². The normalized spacial score (nSPS) is 19.6. The van der Waals surface area contributed by atoms with Gasteiger partial charge in [0.05, 0.1) is 17.0 Å². The number of hydrogen-bond acceptors (Lipinski definition) is 4. The Morgan fingerprint density at radius 2 is 1.90 bits per heavy atom. The maximum atomic E-state index is 13.8. The molecule has 7 nitrogen and oxygen atoms in total. The Balaban J connectivity index is 1.35. The van der Waals surface area contributed by atoms with E-state index in [0.29, 0.717) is 11.6 Å². The van der Waals surface area contributed by atoms with Crippen molar-refractivity contribution < 1.29 is 13.2 Å². The van der Waals surface area contributed by atoms with Crippen LogP contribution in [0.25, 0.3) is 0 Å². The van der Waals surface area contributed by atoms with Crippen molar-refractivity contribution in [3.63, 3.8) is 0 Å². The van der Waals surface area contributed by atoms with Crippen LogP contribution in [0.2, 0.25) is 5.02 Å². The van der Waals surface area contributed by atoms with Crippen LogP contribution in [-0.4, -0.2) is 47.2 Å². The summed E-state index contributed by atoms with van der Waals surface area (Å²) in [6.45, 7) is 10.2. The summed E-state index contributed by atoms with van der Waals surface area (Å²) in [6, 6.07) is 14.5. The van der Waals surface area contributed by atoms with E-state index in [-0.39, 0.29) is 35.3 Å². The van der Waals surface area contributed by atoms with Crippen LogP contribution in [0.5, 0.6) is 0 Å². The van der Waals surface area contributed by atoms with E-state index >= 15 is 0 Å². The molecule has 0 fully saturated rings. The van der Waals surface area contributed by atoms with Gasteiger partial charge in [-0.25, -0.2) is 8.42 Å². The third-order valence-electron chi connectivity index (χ3n) is 8.67. The molecule has 1 aliphatic heterocycles. The smallest absolute Gasteiger partial charge is 0.243 e. The van der Waals surface area contributed by atoms with E-state index < -0.39 is 16.1 Å². The molecule has 0 saturated carbocycles. The van der Waals surface area contributed by atoms with Crippen LogP contribution < -0.4 is 5.32 Å². The minimum absolute atomic E-state index is 0.0448. The third-order valence-corrected chi connectivity index (χ3v) is 11.0. The average Bonchev–Trinajstić information content (AvgIpc) is 3.39. The zero-order chi connectivity index (χ0) is 29.5. The van der Waals surface area contributed by atoms with Crippen LogP contribution in [0.1, 0.15) is 80.1 Å². The van der Waals surface area contributed by atoms with Crippen LogP contribution in [0, 0.1) is 6.92 Å². The second kappa shape index (κ2) is 11.6. The van der Waals surface area contributed by atoms with Crippen LogP contribution >= 0.6 is 11.6 Å². The molecule has 2 heterocycles. The monoisotopic (exact) mass is 596 g/mol. The molecule has 2 aliphatic rings. The lowest BCUT2D eigenvalue weighted by atomic mass is 9.86. The van der Waals surface area contributed by atoms with Gasteiger partial charge in [-0.3, -0.25) is 9.69 Å². The number of aryl methyl sites for hydroxylation is 2. The molecule has 1 amide bonds. The average molecular weight is 597 g/mol. The quantitative estimate of drug-likeness (QED) is 0.362. The minimum atomic E-state index is -3.87. The van der Waals surface area contributed by atoms with E-state index in [1.807, 2.05) is 29.8 Å². The largest absolute Gasteiger partial charge is 0.349 e. The highest BCUT2D eigenvalue weighted by atomic mass is 35.5. The molecule has 1 N–H and O–H groups in total. The Labute approximate surface area is 249 Å². The van der Waals surface area contributed by atoms with Crippen molar-refractivity contribution in [1.29, 1.82) is 0 Å². The van der Waals surface area contributed by atoms with E-state index in [0.717, 1.165) is 42.6 Å². The molecular formula is C32H41ClN4O3S. The number of benzene rings is 2. The maximum Gasteiger partial charge on any atom is 0.243 e. The highest BCUT2D eigenvalue weighted by molar-refractivity contribution is 7.89. The lowest BCUT2D eigenvalue weighted by molar-refractivity contribution is -0.123. The van der Waals surface area contributed by atoms with Gasteiger partial charge in [0.2, 0.25) is 15.9 Å². The van der Waals surface area contributed by atoms with Crippen molar-refractivity contribution in [2.45, 2.75) is 89.0 Å².